The van der Waals surface area contributed by atoms with E-state index in [0.29, 0.717) is 41.8 Å². The number of halogens is 1. The van der Waals surface area contributed by atoms with Crippen LogP contribution in [-0.4, -0.2) is 52.0 Å². The first-order valence-corrected chi connectivity index (χ1v) is 9.67. The molecule has 1 fully saturated rings. The Bertz CT molecular complexity index is 953. The van der Waals surface area contributed by atoms with E-state index in [0.717, 1.165) is 0 Å². The minimum Gasteiger partial charge on any atom is -0.369 e. The Morgan fingerprint density at radius 1 is 1.29 bits per heavy atom. The normalized spacial score (nSPS) is 17.4. The summed E-state index contributed by atoms with van der Waals surface area (Å²) in [5, 5.41) is 5.17. The second-order valence-corrected chi connectivity index (χ2v) is 7.18. The number of carbonyl (C=O) groups is 1. The van der Waals surface area contributed by atoms with Gasteiger partial charge in [0.05, 0.1) is 24.5 Å². The van der Waals surface area contributed by atoms with Crippen LogP contribution in [0.2, 0.25) is 0 Å². The lowest BCUT2D eigenvalue weighted by Crippen LogP contribution is -2.42. The van der Waals surface area contributed by atoms with E-state index in [9.17, 15) is 9.18 Å². The van der Waals surface area contributed by atoms with Crippen molar-refractivity contribution in [2.24, 2.45) is 0 Å². The maximum atomic E-state index is 13.7. The number of carbonyl (C=O) groups excluding carboxylic acids is 1. The van der Waals surface area contributed by atoms with Crippen LogP contribution in [0.15, 0.2) is 48.2 Å². The van der Waals surface area contributed by atoms with Crippen molar-refractivity contribution in [1.29, 1.82) is 0 Å². The van der Waals surface area contributed by atoms with E-state index in [4.69, 9.17) is 4.74 Å². The Morgan fingerprint density at radius 3 is 3.00 bits per heavy atom. The molecule has 1 saturated heterocycles. The molecule has 1 atom stereocenters. The molecule has 1 aliphatic heterocycles. The van der Waals surface area contributed by atoms with Gasteiger partial charge >= 0.3 is 0 Å². The number of amides is 1. The third-order valence-electron chi connectivity index (χ3n) is 4.33. The molecule has 4 rings (SSSR count). The topological polar surface area (TPSA) is 80.2 Å². The van der Waals surface area contributed by atoms with Crippen molar-refractivity contribution in [1.82, 2.24) is 19.9 Å². The second-order valence-electron chi connectivity index (χ2n) is 6.28. The number of ether oxygens (including phenoxy) is 1. The van der Waals surface area contributed by atoms with E-state index >= 15 is 0 Å². The average Bonchev–Trinajstić information content (AvgIpc) is 3.21. The number of morpholine rings is 1. The molecular weight excluding hydrogens is 381 g/mol. The molecule has 1 aliphatic rings. The monoisotopic (exact) mass is 399 g/mol. The van der Waals surface area contributed by atoms with Gasteiger partial charge in [-0.25, -0.2) is 9.37 Å². The van der Waals surface area contributed by atoms with E-state index in [-0.39, 0.29) is 24.4 Å². The molecule has 2 aromatic heterocycles. The number of hydrogen-bond acceptors (Lipinski definition) is 7. The molecule has 1 unspecified atom stereocenters. The number of nitrogens with zero attached hydrogens (tertiary/aromatic N) is 4. The quantitative estimate of drug-likeness (QED) is 0.711. The zero-order valence-corrected chi connectivity index (χ0v) is 15.7. The van der Waals surface area contributed by atoms with Gasteiger partial charge in [0, 0.05) is 42.6 Å². The zero-order chi connectivity index (χ0) is 19.3. The number of benzene rings is 1. The van der Waals surface area contributed by atoms with Gasteiger partial charge in [0.15, 0.2) is 5.13 Å². The molecule has 1 N–H and O–H groups in total. The van der Waals surface area contributed by atoms with Gasteiger partial charge in [-0.05, 0) is 12.1 Å². The molecule has 0 bridgehead atoms. The fourth-order valence-corrected chi connectivity index (χ4v) is 3.65. The molecule has 1 aromatic carbocycles. The first kappa shape index (κ1) is 18.6. The Kier molecular flexibility index (Phi) is 5.65. The summed E-state index contributed by atoms with van der Waals surface area (Å²) in [7, 11) is 0. The lowest BCUT2D eigenvalue weighted by atomic mass is 10.1. The summed E-state index contributed by atoms with van der Waals surface area (Å²) in [5.41, 5.74) is 1.87. The van der Waals surface area contributed by atoms with Gasteiger partial charge in [0.2, 0.25) is 5.91 Å². The summed E-state index contributed by atoms with van der Waals surface area (Å²) in [5.74, 6) is -0.459. The average molecular weight is 399 g/mol. The smallest absolute Gasteiger partial charge is 0.240 e. The summed E-state index contributed by atoms with van der Waals surface area (Å²) in [6, 6.07) is 6.24. The molecule has 0 saturated carbocycles. The lowest BCUT2D eigenvalue weighted by Gasteiger charge is -2.32. The van der Waals surface area contributed by atoms with E-state index in [1.54, 1.807) is 30.7 Å². The Hall–Kier alpha value is -2.75. The van der Waals surface area contributed by atoms with Crippen molar-refractivity contribution >= 4 is 22.4 Å². The maximum Gasteiger partial charge on any atom is 0.240 e. The highest BCUT2D eigenvalue weighted by molar-refractivity contribution is 7.13. The van der Waals surface area contributed by atoms with Crippen LogP contribution in [0.25, 0.3) is 11.3 Å². The first-order chi connectivity index (χ1) is 13.7. The molecule has 0 radical (unpaired) electrons. The fraction of sp³-hybridized carbons (Fsp3) is 0.263. The number of thiazole rings is 1. The molecule has 7 nitrogen and oxygen atoms in total. The molecule has 144 valence electrons. The van der Waals surface area contributed by atoms with Crippen molar-refractivity contribution in [2.75, 3.05) is 31.6 Å². The molecule has 0 spiro atoms. The van der Waals surface area contributed by atoms with Gasteiger partial charge in [-0.15, -0.1) is 11.3 Å². The van der Waals surface area contributed by atoms with E-state index in [1.807, 2.05) is 10.3 Å². The van der Waals surface area contributed by atoms with Crippen LogP contribution in [0, 0.1) is 5.82 Å². The van der Waals surface area contributed by atoms with Crippen molar-refractivity contribution in [3.8, 4) is 11.3 Å². The van der Waals surface area contributed by atoms with Crippen LogP contribution in [0.5, 0.6) is 0 Å². The number of hydrogen-bond donors (Lipinski definition) is 1. The minimum atomic E-state index is -0.353. The Balaban J connectivity index is 1.48. The van der Waals surface area contributed by atoms with Crippen molar-refractivity contribution < 1.29 is 13.9 Å². The van der Waals surface area contributed by atoms with E-state index < -0.39 is 0 Å². The van der Waals surface area contributed by atoms with Gasteiger partial charge < -0.3 is 10.1 Å². The Morgan fingerprint density at radius 2 is 2.18 bits per heavy atom. The summed E-state index contributed by atoms with van der Waals surface area (Å²) >= 11 is 1.38. The predicted octanol–water partition coefficient (Wildman–Crippen LogP) is 2.75. The van der Waals surface area contributed by atoms with E-state index in [2.05, 4.69) is 20.3 Å². The maximum absolute atomic E-state index is 13.7. The largest absolute Gasteiger partial charge is 0.369 e. The van der Waals surface area contributed by atoms with Crippen molar-refractivity contribution in [3.63, 3.8) is 0 Å². The summed E-state index contributed by atoms with van der Waals surface area (Å²) in [6.07, 6.45) is 4.46. The number of aromatic nitrogens is 3. The summed E-state index contributed by atoms with van der Waals surface area (Å²) in [6.45, 7) is 1.83. The van der Waals surface area contributed by atoms with Gasteiger partial charge in [0.1, 0.15) is 11.9 Å². The van der Waals surface area contributed by atoms with Gasteiger partial charge in [-0.3, -0.25) is 19.7 Å². The Labute approximate surface area is 165 Å². The van der Waals surface area contributed by atoms with Crippen LogP contribution in [0.4, 0.5) is 9.52 Å². The third-order valence-corrected chi connectivity index (χ3v) is 5.01. The van der Waals surface area contributed by atoms with E-state index in [1.165, 1.54) is 23.5 Å². The highest BCUT2D eigenvalue weighted by Gasteiger charge is 2.27. The number of nitrogens with one attached hydrogen (secondary N) is 1. The molecule has 3 heterocycles. The molecule has 3 aromatic rings. The van der Waals surface area contributed by atoms with Gasteiger partial charge in [0.25, 0.3) is 0 Å². The van der Waals surface area contributed by atoms with Crippen molar-refractivity contribution in [2.45, 2.75) is 6.10 Å². The minimum absolute atomic E-state index is 0.125. The molecule has 9 heteroatoms. The highest BCUT2D eigenvalue weighted by atomic mass is 32.1. The van der Waals surface area contributed by atoms with Crippen LogP contribution in [0.1, 0.15) is 11.8 Å². The molecular formula is C19H18FN5O2S. The second kappa shape index (κ2) is 8.51. The molecule has 28 heavy (non-hydrogen) atoms. The highest BCUT2D eigenvalue weighted by Crippen LogP contribution is 2.29. The summed E-state index contributed by atoms with van der Waals surface area (Å²) < 4.78 is 19.5. The van der Waals surface area contributed by atoms with Gasteiger partial charge in [-0.2, -0.15) is 0 Å². The fourth-order valence-electron chi connectivity index (χ4n) is 3.10. The summed E-state index contributed by atoms with van der Waals surface area (Å²) in [4.78, 5) is 27.1. The van der Waals surface area contributed by atoms with Crippen LogP contribution < -0.4 is 5.32 Å². The van der Waals surface area contributed by atoms with Crippen molar-refractivity contribution in [3.05, 3.63) is 59.7 Å². The predicted molar refractivity (Wildman–Crippen MR) is 103 cm³/mol. The van der Waals surface area contributed by atoms with Gasteiger partial charge in [-0.1, -0.05) is 12.1 Å². The number of rotatable bonds is 5. The number of anilines is 1. The lowest BCUT2D eigenvalue weighted by molar-refractivity contribution is -0.119. The molecule has 1 amide bonds. The standard InChI is InChI=1S/C19H18FN5O2S/c20-14-3-1-2-13(10-14)17-18(22-5-4-21-17)15-11-25(7-8-27-15)12-16(26)24-19-23-6-9-28-19/h1-6,9-10,15H,7-8,11-12H2,(H,23,24,26). The zero-order valence-electron chi connectivity index (χ0n) is 14.9. The molecule has 0 aliphatic carbocycles. The first-order valence-electron chi connectivity index (χ1n) is 8.79. The van der Waals surface area contributed by atoms with Crippen LogP contribution in [0.3, 0.4) is 0 Å². The third kappa shape index (κ3) is 4.38. The van der Waals surface area contributed by atoms with Crippen LogP contribution in [-0.2, 0) is 9.53 Å². The SMILES string of the molecule is O=C(CN1CCOC(c2nccnc2-c2cccc(F)c2)C1)Nc1nccs1. The van der Waals surface area contributed by atoms with Crippen LogP contribution >= 0.6 is 11.3 Å².